The lowest BCUT2D eigenvalue weighted by Crippen LogP contribution is -2.17. The third-order valence-electron chi connectivity index (χ3n) is 4.05. The van der Waals surface area contributed by atoms with E-state index in [0.717, 1.165) is 24.4 Å². The van der Waals surface area contributed by atoms with Gasteiger partial charge in [-0.15, -0.1) is 11.8 Å². The highest BCUT2D eigenvalue weighted by Gasteiger charge is 2.29. The molecule has 0 saturated carbocycles. The number of fused-ring (bicyclic) bond motifs is 1. The summed E-state index contributed by atoms with van der Waals surface area (Å²) in [7, 11) is 0.307. The Labute approximate surface area is 158 Å². The summed E-state index contributed by atoms with van der Waals surface area (Å²) in [5, 5.41) is 5.03. The largest absolute Gasteiger partial charge is 0.309 e. The van der Waals surface area contributed by atoms with E-state index in [0.29, 0.717) is 10.7 Å². The number of aryl methyl sites for hydroxylation is 1. The molecule has 8 heteroatoms. The zero-order valence-corrected chi connectivity index (χ0v) is 16.9. The fraction of sp³-hybridized carbons (Fsp3) is 0.333. The molecule has 0 atom stereocenters. The molecular formula is C18H22N4O2S2. The first-order valence-electron chi connectivity index (χ1n) is 8.22. The summed E-state index contributed by atoms with van der Waals surface area (Å²) in [4.78, 5) is 7.04. The average Bonchev–Trinajstić information content (AvgIpc) is 2.99. The monoisotopic (exact) mass is 390 g/mol. The third kappa shape index (κ3) is 3.49. The summed E-state index contributed by atoms with van der Waals surface area (Å²) in [6.07, 6.45) is 2.59. The summed E-state index contributed by atoms with van der Waals surface area (Å²) < 4.78 is 28.2. The minimum Gasteiger partial charge on any atom is -0.309 e. The quantitative estimate of drug-likeness (QED) is 0.603. The van der Waals surface area contributed by atoms with E-state index in [2.05, 4.69) is 15.0 Å². The Morgan fingerprint density at radius 3 is 2.50 bits per heavy atom. The lowest BCUT2D eigenvalue weighted by atomic mass is 10.2. The van der Waals surface area contributed by atoms with Gasteiger partial charge in [-0.1, -0.05) is 18.2 Å². The molecule has 2 aromatic heterocycles. The molecule has 1 aromatic carbocycles. The molecule has 0 radical (unpaired) electrons. The Bertz CT molecular complexity index is 1030. The van der Waals surface area contributed by atoms with Crippen LogP contribution >= 0.6 is 11.8 Å². The Morgan fingerprint density at radius 2 is 1.88 bits per heavy atom. The molecule has 0 fully saturated rings. The lowest BCUT2D eigenvalue weighted by Gasteiger charge is -2.11. The van der Waals surface area contributed by atoms with Crippen LogP contribution in [-0.4, -0.2) is 54.8 Å². The Balaban J connectivity index is 2.26. The number of thioether (sulfide) groups is 1. The van der Waals surface area contributed by atoms with E-state index < -0.39 is 9.84 Å². The fourth-order valence-corrected chi connectivity index (χ4v) is 5.19. The van der Waals surface area contributed by atoms with Crippen LogP contribution in [-0.2, 0) is 16.3 Å². The van der Waals surface area contributed by atoms with Gasteiger partial charge in [0.05, 0.1) is 4.90 Å². The van der Waals surface area contributed by atoms with Crippen molar-refractivity contribution in [3.8, 4) is 0 Å². The van der Waals surface area contributed by atoms with E-state index >= 15 is 0 Å². The van der Waals surface area contributed by atoms with Gasteiger partial charge in [0, 0.05) is 24.4 Å². The second kappa shape index (κ2) is 7.38. The molecule has 138 valence electrons. The Hall–Kier alpha value is -1.90. The van der Waals surface area contributed by atoms with Gasteiger partial charge < -0.3 is 4.90 Å². The van der Waals surface area contributed by atoms with Gasteiger partial charge in [-0.05, 0) is 45.5 Å². The van der Waals surface area contributed by atoms with E-state index in [1.165, 1.54) is 11.8 Å². The van der Waals surface area contributed by atoms with Crippen LogP contribution in [0.25, 0.3) is 5.65 Å². The van der Waals surface area contributed by atoms with E-state index in [1.807, 2.05) is 33.3 Å². The predicted molar refractivity (Wildman–Crippen MR) is 104 cm³/mol. The number of hydrogen-bond donors (Lipinski definition) is 0. The van der Waals surface area contributed by atoms with Crippen LogP contribution in [0.5, 0.6) is 0 Å². The first kappa shape index (κ1) is 18.9. The number of likely N-dealkylation sites (N-methyl/N-ethyl adjacent to an activating group) is 1. The topological polar surface area (TPSA) is 67.6 Å². The van der Waals surface area contributed by atoms with Crippen molar-refractivity contribution in [2.75, 3.05) is 26.9 Å². The van der Waals surface area contributed by atoms with E-state index in [4.69, 9.17) is 0 Å². The van der Waals surface area contributed by atoms with Crippen LogP contribution in [0.4, 0.5) is 0 Å². The van der Waals surface area contributed by atoms with Crippen LogP contribution < -0.4 is 0 Å². The number of nitrogens with zero attached hydrogens (tertiary/aromatic N) is 4. The molecule has 0 N–H and O–H groups in total. The molecule has 3 rings (SSSR count). The van der Waals surface area contributed by atoms with Crippen molar-refractivity contribution in [1.29, 1.82) is 0 Å². The molecule has 0 aliphatic heterocycles. The number of hydrogen-bond acceptors (Lipinski definition) is 6. The van der Waals surface area contributed by atoms with Crippen molar-refractivity contribution in [3.05, 3.63) is 47.8 Å². The molecule has 6 nitrogen and oxygen atoms in total. The Morgan fingerprint density at radius 1 is 1.19 bits per heavy atom. The third-order valence-corrected chi connectivity index (χ3v) is 6.66. The summed E-state index contributed by atoms with van der Waals surface area (Å²) in [6.45, 7) is 2.72. The average molecular weight is 391 g/mol. The number of aromatic nitrogens is 3. The lowest BCUT2D eigenvalue weighted by molar-refractivity contribution is 0.410. The van der Waals surface area contributed by atoms with Gasteiger partial charge in [0.15, 0.2) is 10.5 Å². The summed E-state index contributed by atoms with van der Waals surface area (Å²) in [6, 6.07) is 10.4. The molecule has 0 spiro atoms. The second-order valence-electron chi connectivity index (χ2n) is 6.33. The minimum atomic E-state index is -3.71. The SMILES string of the molecule is CSc1nn2c(CCN(C)C)cc(C)nc2c1S(=O)(=O)c1ccccc1. The van der Waals surface area contributed by atoms with Crippen LogP contribution in [0.2, 0.25) is 0 Å². The van der Waals surface area contributed by atoms with Gasteiger partial charge in [-0.2, -0.15) is 5.10 Å². The van der Waals surface area contributed by atoms with Gasteiger partial charge >= 0.3 is 0 Å². The van der Waals surface area contributed by atoms with Gasteiger partial charge in [-0.3, -0.25) is 0 Å². The maximum Gasteiger partial charge on any atom is 0.213 e. The summed E-state index contributed by atoms with van der Waals surface area (Å²) in [5.41, 5.74) is 2.13. The van der Waals surface area contributed by atoms with Crippen molar-refractivity contribution in [2.45, 2.75) is 28.2 Å². The standard InChI is InChI=1S/C18H22N4O2S2/c1-13-12-14(10-11-21(2)3)22-17(19-13)16(18(20-22)25-4)26(23,24)15-8-6-5-7-9-15/h5-9,12H,10-11H2,1-4H3. The molecule has 0 unspecified atom stereocenters. The van der Waals surface area contributed by atoms with Gasteiger partial charge in [-0.25, -0.2) is 17.9 Å². The van der Waals surface area contributed by atoms with Gasteiger partial charge in [0.25, 0.3) is 0 Å². The van der Waals surface area contributed by atoms with Gasteiger partial charge in [0.1, 0.15) is 5.03 Å². The number of benzene rings is 1. The molecule has 0 saturated heterocycles. The predicted octanol–water partition coefficient (Wildman–Crippen LogP) is 2.70. The van der Waals surface area contributed by atoms with Gasteiger partial charge in [0.2, 0.25) is 9.84 Å². The highest BCUT2D eigenvalue weighted by Crippen LogP contribution is 2.32. The second-order valence-corrected chi connectivity index (χ2v) is 9.01. The highest BCUT2D eigenvalue weighted by molar-refractivity contribution is 7.99. The molecule has 0 aliphatic carbocycles. The van der Waals surface area contributed by atoms with Crippen LogP contribution in [0.3, 0.4) is 0 Å². The highest BCUT2D eigenvalue weighted by atomic mass is 32.2. The normalized spacial score (nSPS) is 12.2. The Kier molecular flexibility index (Phi) is 5.36. The molecule has 3 aromatic rings. The van der Waals surface area contributed by atoms with Crippen molar-refractivity contribution in [3.63, 3.8) is 0 Å². The zero-order chi connectivity index (χ0) is 18.9. The first-order chi connectivity index (χ1) is 12.3. The van der Waals surface area contributed by atoms with Crippen LogP contribution in [0, 0.1) is 6.92 Å². The number of rotatable bonds is 6. The molecular weight excluding hydrogens is 368 g/mol. The minimum absolute atomic E-state index is 0.186. The van der Waals surface area contributed by atoms with E-state index in [-0.39, 0.29) is 9.79 Å². The molecule has 2 heterocycles. The van der Waals surface area contributed by atoms with Crippen LogP contribution in [0.15, 0.2) is 51.2 Å². The van der Waals surface area contributed by atoms with E-state index in [1.54, 1.807) is 34.8 Å². The van der Waals surface area contributed by atoms with Crippen molar-refractivity contribution in [2.24, 2.45) is 0 Å². The zero-order valence-electron chi connectivity index (χ0n) is 15.3. The maximum atomic E-state index is 13.3. The molecule has 0 bridgehead atoms. The molecule has 0 aliphatic rings. The maximum absolute atomic E-state index is 13.3. The fourth-order valence-electron chi connectivity index (χ4n) is 2.78. The summed E-state index contributed by atoms with van der Waals surface area (Å²) >= 11 is 1.32. The first-order valence-corrected chi connectivity index (χ1v) is 10.9. The van der Waals surface area contributed by atoms with Crippen molar-refractivity contribution in [1.82, 2.24) is 19.5 Å². The van der Waals surface area contributed by atoms with Crippen molar-refractivity contribution >= 4 is 27.2 Å². The molecule has 0 amide bonds. The van der Waals surface area contributed by atoms with E-state index in [9.17, 15) is 8.42 Å². The van der Waals surface area contributed by atoms with Crippen LogP contribution in [0.1, 0.15) is 11.4 Å². The summed E-state index contributed by atoms with van der Waals surface area (Å²) in [5.74, 6) is 0. The van der Waals surface area contributed by atoms with Crippen molar-refractivity contribution < 1.29 is 8.42 Å². The molecule has 26 heavy (non-hydrogen) atoms. The smallest absolute Gasteiger partial charge is 0.213 e. The number of sulfone groups is 1.